The number of nitrogens with zero attached hydrogens (tertiary/aromatic N) is 1. The number of pyridine rings is 1. The minimum Gasteiger partial charge on any atom is -0.454 e. The van der Waals surface area contributed by atoms with Crippen LogP contribution in [0, 0.1) is 0 Å². The third-order valence-electron chi connectivity index (χ3n) is 11.2. The standard InChI is InChI=1S/C50H33NO/c1-50(2)44-23-9-10-24-45(44)52-48-31(27-28-51-49(48)50)30-25-26-38-34-15-5-8-18-37(34)40-20-11-19-39-35-16-6-3-13-32(35)33-14-4-7-17-36(33)41-21-12-22-42(43(38)29-30)47(41)46(39)40/h3-29H,1-2H3/i1D3. The quantitative estimate of drug-likeness (QED) is 0.174. The smallest absolute Gasteiger partial charge is 0.157 e. The highest BCUT2D eigenvalue weighted by atomic mass is 16.5. The van der Waals surface area contributed by atoms with Gasteiger partial charge in [0.05, 0.1) is 5.69 Å². The fourth-order valence-electron chi connectivity index (χ4n) is 8.91. The van der Waals surface area contributed by atoms with Gasteiger partial charge in [0.2, 0.25) is 0 Å². The lowest BCUT2D eigenvalue weighted by Gasteiger charge is -2.34. The second-order valence-electron chi connectivity index (χ2n) is 14.1. The fourth-order valence-corrected chi connectivity index (χ4v) is 8.91. The summed E-state index contributed by atoms with van der Waals surface area (Å²) in [5, 5.41) is 14.1. The van der Waals surface area contributed by atoms with E-state index in [1.807, 2.05) is 30.3 Å². The monoisotopic (exact) mass is 666 g/mol. The van der Waals surface area contributed by atoms with Crippen LogP contribution in [0.15, 0.2) is 164 Å². The van der Waals surface area contributed by atoms with Crippen LogP contribution in [-0.4, -0.2) is 4.98 Å². The van der Waals surface area contributed by atoms with Crippen LogP contribution in [0.25, 0.3) is 86.9 Å². The third-order valence-corrected chi connectivity index (χ3v) is 11.2. The molecule has 0 saturated carbocycles. The summed E-state index contributed by atoms with van der Waals surface area (Å²) in [5.74, 6) is 1.02. The van der Waals surface area contributed by atoms with Crippen molar-refractivity contribution in [3.63, 3.8) is 0 Å². The van der Waals surface area contributed by atoms with Crippen LogP contribution in [0.3, 0.4) is 0 Å². The van der Waals surface area contributed by atoms with Gasteiger partial charge in [-0.2, -0.15) is 0 Å². The molecule has 1 atom stereocenters. The van der Waals surface area contributed by atoms with Crippen LogP contribution < -0.4 is 4.74 Å². The van der Waals surface area contributed by atoms with E-state index in [-0.39, 0.29) is 0 Å². The van der Waals surface area contributed by atoms with E-state index in [1.165, 1.54) is 54.2 Å². The molecule has 7 aromatic carbocycles. The number of ether oxygens (including phenoxy) is 1. The predicted octanol–water partition coefficient (Wildman–Crippen LogP) is 13.8. The van der Waals surface area contributed by atoms with Crippen LogP contribution in [0.5, 0.6) is 11.5 Å². The van der Waals surface area contributed by atoms with Crippen molar-refractivity contribution < 1.29 is 8.85 Å². The first kappa shape index (κ1) is 26.3. The molecule has 0 N–H and O–H groups in total. The average Bonchev–Trinajstić information content (AvgIpc) is 3.21. The van der Waals surface area contributed by atoms with Crippen molar-refractivity contribution in [2.75, 3.05) is 0 Å². The zero-order valence-corrected chi connectivity index (χ0v) is 28.4. The van der Waals surface area contributed by atoms with E-state index in [4.69, 9.17) is 13.8 Å². The van der Waals surface area contributed by atoms with E-state index in [2.05, 4.69) is 127 Å². The number of hydrogen-bond donors (Lipinski definition) is 0. The zero-order chi connectivity index (χ0) is 37.1. The summed E-state index contributed by atoms with van der Waals surface area (Å²) in [4.78, 5) is 4.73. The SMILES string of the molecule is [2H]C([2H])([2H])C1(C)c2ccccc2Oc2c(-c3ccc4c(c3)c3cccc5c3-c3c(cccc3c3ccccc34)c3ccccc3c3ccccc53)ccnc21. The van der Waals surface area contributed by atoms with Crippen LogP contribution in [0.1, 0.15) is 29.1 Å². The van der Waals surface area contributed by atoms with E-state index in [9.17, 15) is 0 Å². The Morgan fingerprint density at radius 3 is 1.50 bits per heavy atom. The van der Waals surface area contributed by atoms with Crippen LogP contribution >= 0.6 is 0 Å². The summed E-state index contributed by atoms with van der Waals surface area (Å²) in [7, 11) is 0. The molecule has 0 bridgehead atoms. The van der Waals surface area contributed by atoms with Gasteiger partial charge in [-0.3, -0.25) is 4.98 Å². The summed E-state index contributed by atoms with van der Waals surface area (Å²) < 4.78 is 32.9. The highest BCUT2D eigenvalue weighted by Gasteiger charge is 2.37. The van der Waals surface area contributed by atoms with Gasteiger partial charge in [0.1, 0.15) is 5.75 Å². The Bertz CT molecular complexity index is 3260. The number of rotatable bonds is 1. The maximum Gasteiger partial charge on any atom is 0.157 e. The lowest BCUT2D eigenvalue weighted by Crippen LogP contribution is -2.26. The van der Waals surface area contributed by atoms with Gasteiger partial charge in [0, 0.05) is 26.9 Å². The molecule has 1 unspecified atom stereocenters. The van der Waals surface area contributed by atoms with Gasteiger partial charge in [-0.05, 0) is 113 Å². The molecule has 52 heavy (non-hydrogen) atoms. The average molecular weight is 667 g/mol. The van der Waals surface area contributed by atoms with E-state index in [1.54, 1.807) is 13.1 Å². The molecule has 2 heterocycles. The van der Waals surface area contributed by atoms with Gasteiger partial charge < -0.3 is 4.74 Å². The largest absolute Gasteiger partial charge is 0.454 e. The maximum atomic E-state index is 8.75. The summed E-state index contributed by atoms with van der Waals surface area (Å²) in [6, 6.07) is 55.7. The molecule has 0 radical (unpaired) electrons. The number of fused-ring (bicyclic) bond motifs is 12. The molecule has 244 valence electrons. The fraction of sp³-hybridized carbons (Fsp3) is 0.0600. The van der Waals surface area contributed by atoms with Gasteiger partial charge in [-0.25, -0.2) is 0 Å². The Morgan fingerprint density at radius 1 is 0.481 bits per heavy atom. The van der Waals surface area contributed by atoms with Crippen LogP contribution in [0.2, 0.25) is 0 Å². The summed E-state index contributed by atoms with van der Waals surface area (Å²) >= 11 is 0. The van der Waals surface area contributed by atoms with Crippen molar-refractivity contribution >= 4 is 64.6 Å². The van der Waals surface area contributed by atoms with E-state index >= 15 is 0 Å². The molecule has 0 amide bonds. The van der Waals surface area contributed by atoms with Crippen LogP contribution in [0.4, 0.5) is 0 Å². The number of para-hydroxylation sites is 1. The van der Waals surface area contributed by atoms with Gasteiger partial charge in [-0.1, -0.05) is 140 Å². The summed E-state index contributed by atoms with van der Waals surface area (Å²) in [5.41, 5.74) is 3.79. The Labute approximate surface area is 305 Å². The molecule has 2 aliphatic carbocycles. The first-order valence-corrected chi connectivity index (χ1v) is 17.8. The molecule has 0 saturated heterocycles. The second kappa shape index (κ2) is 10.7. The molecular weight excluding hydrogens is 631 g/mol. The predicted molar refractivity (Wildman–Crippen MR) is 219 cm³/mol. The Kier molecular flexibility index (Phi) is 5.44. The second-order valence-corrected chi connectivity index (χ2v) is 14.1. The number of hydrogen-bond acceptors (Lipinski definition) is 2. The minimum atomic E-state index is -2.37. The van der Waals surface area contributed by atoms with Gasteiger partial charge in [0.25, 0.3) is 0 Å². The molecule has 0 fully saturated rings. The maximum absolute atomic E-state index is 8.75. The highest BCUT2D eigenvalue weighted by molar-refractivity contribution is 6.31. The molecule has 1 aromatic heterocycles. The van der Waals surface area contributed by atoms with Crippen molar-refractivity contribution in [3.05, 3.63) is 175 Å². The molecule has 8 aromatic rings. The third kappa shape index (κ3) is 3.98. The van der Waals surface area contributed by atoms with Crippen molar-refractivity contribution in [3.8, 4) is 33.8 Å². The molecule has 11 rings (SSSR count). The lowest BCUT2D eigenvalue weighted by atomic mass is 9.78. The topological polar surface area (TPSA) is 22.1 Å². The first-order valence-electron chi connectivity index (χ1n) is 19.3. The summed E-state index contributed by atoms with van der Waals surface area (Å²) in [6.45, 7) is -0.607. The Hall–Kier alpha value is -6.51. The molecular formula is C50H33NO. The van der Waals surface area contributed by atoms with Crippen molar-refractivity contribution in [1.29, 1.82) is 0 Å². The van der Waals surface area contributed by atoms with Gasteiger partial charge in [-0.15, -0.1) is 0 Å². The molecule has 3 aliphatic rings. The molecule has 2 heteroatoms. The van der Waals surface area contributed by atoms with Crippen molar-refractivity contribution in [2.45, 2.75) is 19.2 Å². The van der Waals surface area contributed by atoms with Crippen molar-refractivity contribution in [1.82, 2.24) is 4.98 Å². The van der Waals surface area contributed by atoms with E-state index in [0.717, 1.165) is 32.7 Å². The molecule has 0 spiro atoms. The van der Waals surface area contributed by atoms with Gasteiger partial charge >= 0.3 is 0 Å². The van der Waals surface area contributed by atoms with Gasteiger partial charge in [0.15, 0.2) is 5.75 Å². The highest BCUT2D eigenvalue weighted by Crippen LogP contribution is 2.51. The Morgan fingerprint density at radius 2 is 0.942 bits per heavy atom. The number of aromatic nitrogens is 1. The lowest BCUT2D eigenvalue weighted by molar-refractivity contribution is 0.411. The Balaban J connectivity index is 1.34. The molecule has 2 nitrogen and oxygen atoms in total. The number of benzene rings is 7. The van der Waals surface area contributed by atoms with E-state index in [0.29, 0.717) is 22.8 Å². The minimum absolute atomic E-state index is 0.416. The van der Waals surface area contributed by atoms with E-state index < -0.39 is 12.3 Å². The van der Waals surface area contributed by atoms with Crippen molar-refractivity contribution in [2.24, 2.45) is 0 Å². The van der Waals surface area contributed by atoms with Crippen LogP contribution in [-0.2, 0) is 5.41 Å². The summed E-state index contributed by atoms with van der Waals surface area (Å²) in [6.07, 6.45) is 1.72. The zero-order valence-electron chi connectivity index (χ0n) is 31.4. The molecule has 1 aliphatic heterocycles. The normalized spacial score (nSPS) is 16.4. The first-order chi connectivity index (χ1) is 26.8.